The maximum Gasteiger partial charge on any atom is 0.248 e. The van der Waals surface area contributed by atoms with Crippen LogP contribution in [0.1, 0.15) is 19.8 Å². The first-order chi connectivity index (χ1) is 3.62. The summed E-state index contributed by atoms with van der Waals surface area (Å²) in [5.41, 5.74) is 0. The number of hydrogen-bond donors (Lipinski definition) is 0. The number of alkyl halides is 2. The lowest BCUT2D eigenvalue weighted by Gasteiger charge is -1.76. The molecule has 1 rings (SSSR count). The molecule has 0 aliphatic heterocycles. The van der Waals surface area contributed by atoms with Crippen LogP contribution in [0.5, 0.6) is 0 Å². The minimum atomic E-state index is -2.25. The standard InChI is InChI=1S/C3H4F2.C2H4O/c4-3(5)1-2-3;1-2-3/h1-2H2;2H,1H3. The molecule has 0 radical (unpaired) electrons. The molecule has 0 aromatic carbocycles. The minimum Gasteiger partial charge on any atom is -0.304 e. The Kier molecular flexibility index (Phi) is 2.58. The fourth-order valence-corrected chi connectivity index (χ4v) is 0.0945. The van der Waals surface area contributed by atoms with Crippen molar-refractivity contribution in [3.63, 3.8) is 0 Å². The summed E-state index contributed by atoms with van der Waals surface area (Å²) in [7, 11) is 0. The third kappa shape index (κ3) is 5.53. The molecule has 1 aliphatic carbocycles. The van der Waals surface area contributed by atoms with Crippen molar-refractivity contribution in [1.29, 1.82) is 0 Å². The van der Waals surface area contributed by atoms with Crippen LogP contribution in [0.15, 0.2) is 0 Å². The Bertz CT molecular complexity index is 74.5. The van der Waals surface area contributed by atoms with Crippen LogP contribution in [0.4, 0.5) is 8.78 Å². The van der Waals surface area contributed by atoms with Crippen molar-refractivity contribution in [1.82, 2.24) is 0 Å². The molecular formula is C5H8F2O. The number of hydrogen-bond acceptors (Lipinski definition) is 1. The van der Waals surface area contributed by atoms with Crippen molar-refractivity contribution in [3.8, 4) is 0 Å². The van der Waals surface area contributed by atoms with Gasteiger partial charge in [-0.05, 0) is 6.92 Å². The molecule has 48 valence electrons. The molecule has 1 aliphatic rings. The van der Waals surface area contributed by atoms with Gasteiger partial charge in [-0.15, -0.1) is 0 Å². The van der Waals surface area contributed by atoms with Gasteiger partial charge in [-0.2, -0.15) is 0 Å². The van der Waals surface area contributed by atoms with Crippen LogP contribution in [0.25, 0.3) is 0 Å². The molecule has 0 aromatic rings. The summed E-state index contributed by atoms with van der Waals surface area (Å²) in [4.78, 5) is 8.81. The van der Waals surface area contributed by atoms with Crippen molar-refractivity contribution >= 4 is 6.29 Å². The Hall–Kier alpha value is -0.470. The van der Waals surface area contributed by atoms with Crippen LogP contribution >= 0.6 is 0 Å². The van der Waals surface area contributed by atoms with E-state index in [9.17, 15) is 8.78 Å². The Morgan fingerprint density at radius 2 is 1.62 bits per heavy atom. The molecule has 0 amide bonds. The van der Waals surface area contributed by atoms with E-state index >= 15 is 0 Å². The van der Waals surface area contributed by atoms with Crippen LogP contribution < -0.4 is 0 Å². The molecule has 0 unspecified atom stereocenters. The third-order valence-corrected chi connectivity index (χ3v) is 0.628. The highest BCUT2D eigenvalue weighted by atomic mass is 19.3. The first-order valence-electron chi connectivity index (χ1n) is 2.40. The molecule has 0 saturated heterocycles. The number of halogens is 2. The van der Waals surface area contributed by atoms with Gasteiger partial charge < -0.3 is 4.79 Å². The average Bonchev–Trinajstić information content (AvgIpc) is 2.22. The lowest BCUT2D eigenvalue weighted by atomic mass is 10.8. The summed E-state index contributed by atoms with van der Waals surface area (Å²) in [6.45, 7) is 1.44. The van der Waals surface area contributed by atoms with Gasteiger partial charge in [-0.1, -0.05) is 0 Å². The highest BCUT2D eigenvalue weighted by Crippen LogP contribution is 2.40. The van der Waals surface area contributed by atoms with Gasteiger partial charge in [0.15, 0.2) is 0 Å². The van der Waals surface area contributed by atoms with E-state index in [1.54, 1.807) is 0 Å². The number of carbonyl (C=O) groups excluding carboxylic acids is 1. The Balaban J connectivity index is 0.000000145. The monoisotopic (exact) mass is 122 g/mol. The van der Waals surface area contributed by atoms with Gasteiger partial charge in [0.05, 0.1) is 0 Å². The molecule has 1 nitrogen and oxygen atoms in total. The van der Waals surface area contributed by atoms with Gasteiger partial charge in [0.2, 0.25) is 5.92 Å². The maximum atomic E-state index is 11.1. The Labute approximate surface area is 46.7 Å². The zero-order chi connectivity index (χ0) is 6.62. The summed E-state index contributed by atoms with van der Waals surface area (Å²) in [6, 6.07) is 0. The van der Waals surface area contributed by atoms with E-state index in [4.69, 9.17) is 4.79 Å². The summed E-state index contributed by atoms with van der Waals surface area (Å²) in [5, 5.41) is 0. The predicted molar refractivity (Wildman–Crippen MR) is 25.9 cm³/mol. The van der Waals surface area contributed by atoms with E-state index in [2.05, 4.69) is 0 Å². The highest BCUT2D eigenvalue weighted by molar-refractivity contribution is 5.44. The topological polar surface area (TPSA) is 17.1 Å². The fourth-order valence-electron chi connectivity index (χ4n) is 0.0945. The SMILES string of the molecule is CC=O.FC1(F)CC1. The molecular weight excluding hydrogens is 114 g/mol. The van der Waals surface area contributed by atoms with E-state index in [1.165, 1.54) is 6.92 Å². The van der Waals surface area contributed by atoms with E-state index < -0.39 is 5.92 Å². The predicted octanol–water partition coefficient (Wildman–Crippen LogP) is 1.62. The summed E-state index contributed by atoms with van der Waals surface area (Å²) in [5.74, 6) is -2.25. The van der Waals surface area contributed by atoms with E-state index in [1.807, 2.05) is 0 Å². The number of rotatable bonds is 0. The molecule has 1 fully saturated rings. The molecule has 0 heterocycles. The van der Waals surface area contributed by atoms with Crippen molar-refractivity contribution in [2.24, 2.45) is 0 Å². The first kappa shape index (κ1) is 7.53. The minimum absolute atomic E-state index is 0.118. The summed E-state index contributed by atoms with van der Waals surface area (Å²) < 4.78 is 22.3. The Morgan fingerprint density at radius 3 is 1.62 bits per heavy atom. The van der Waals surface area contributed by atoms with Gasteiger partial charge in [0, 0.05) is 12.8 Å². The molecule has 1 saturated carbocycles. The van der Waals surface area contributed by atoms with Crippen LogP contribution in [0, 0.1) is 0 Å². The lowest BCUT2D eigenvalue weighted by Crippen LogP contribution is -1.79. The van der Waals surface area contributed by atoms with Gasteiger partial charge >= 0.3 is 0 Å². The van der Waals surface area contributed by atoms with Gasteiger partial charge in [0.25, 0.3) is 0 Å². The summed E-state index contributed by atoms with van der Waals surface area (Å²) >= 11 is 0. The molecule has 0 N–H and O–H groups in total. The quantitative estimate of drug-likeness (QED) is 0.446. The summed E-state index contributed by atoms with van der Waals surface area (Å²) in [6.07, 6.45) is 0.986. The van der Waals surface area contributed by atoms with Crippen molar-refractivity contribution < 1.29 is 13.6 Å². The lowest BCUT2D eigenvalue weighted by molar-refractivity contribution is -0.106. The Morgan fingerprint density at radius 1 is 1.50 bits per heavy atom. The van der Waals surface area contributed by atoms with Gasteiger partial charge in [0.1, 0.15) is 6.29 Å². The second kappa shape index (κ2) is 2.74. The van der Waals surface area contributed by atoms with Crippen LogP contribution in [-0.2, 0) is 4.79 Å². The zero-order valence-electron chi connectivity index (χ0n) is 4.66. The van der Waals surface area contributed by atoms with Crippen molar-refractivity contribution in [2.75, 3.05) is 0 Å². The van der Waals surface area contributed by atoms with Crippen molar-refractivity contribution in [2.45, 2.75) is 25.7 Å². The molecule has 0 aromatic heterocycles. The second-order valence-corrected chi connectivity index (χ2v) is 1.59. The fraction of sp³-hybridized carbons (Fsp3) is 0.800. The third-order valence-electron chi connectivity index (χ3n) is 0.628. The highest BCUT2D eigenvalue weighted by Gasteiger charge is 2.43. The molecule has 3 heteroatoms. The van der Waals surface area contributed by atoms with E-state index in [-0.39, 0.29) is 12.8 Å². The van der Waals surface area contributed by atoms with Gasteiger partial charge in [-0.3, -0.25) is 0 Å². The smallest absolute Gasteiger partial charge is 0.248 e. The number of aldehydes is 1. The largest absolute Gasteiger partial charge is 0.304 e. The van der Waals surface area contributed by atoms with Crippen LogP contribution in [0.3, 0.4) is 0 Å². The maximum absolute atomic E-state index is 11.1. The van der Waals surface area contributed by atoms with Gasteiger partial charge in [-0.25, -0.2) is 8.78 Å². The van der Waals surface area contributed by atoms with E-state index in [0.29, 0.717) is 0 Å². The first-order valence-corrected chi connectivity index (χ1v) is 2.40. The van der Waals surface area contributed by atoms with Crippen LogP contribution in [0.2, 0.25) is 0 Å². The number of carbonyl (C=O) groups is 1. The molecule has 0 bridgehead atoms. The normalized spacial score (nSPS) is 20.4. The zero-order valence-corrected chi connectivity index (χ0v) is 4.66. The molecule has 8 heavy (non-hydrogen) atoms. The second-order valence-electron chi connectivity index (χ2n) is 1.59. The van der Waals surface area contributed by atoms with Crippen molar-refractivity contribution in [3.05, 3.63) is 0 Å². The van der Waals surface area contributed by atoms with Crippen LogP contribution in [-0.4, -0.2) is 12.2 Å². The van der Waals surface area contributed by atoms with E-state index in [0.717, 1.165) is 6.29 Å². The molecule has 0 spiro atoms. The average molecular weight is 122 g/mol. The molecule has 0 atom stereocenters.